The Morgan fingerprint density at radius 1 is 1.41 bits per heavy atom. The number of rotatable bonds is 5. The summed E-state index contributed by atoms with van der Waals surface area (Å²) in [5.41, 5.74) is 1.00. The molecule has 1 aliphatic rings. The van der Waals surface area contributed by atoms with Gasteiger partial charge >= 0.3 is 0 Å². The molecule has 0 bridgehead atoms. The van der Waals surface area contributed by atoms with E-state index in [0.717, 1.165) is 6.54 Å². The van der Waals surface area contributed by atoms with Crippen molar-refractivity contribution in [2.24, 2.45) is 0 Å². The highest BCUT2D eigenvalue weighted by atomic mass is 19.1. The van der Waals surface area contributed by atoms with E-state index in [1.54, 1.807) is 13.0 Å². The van der Waals surface area contributed by atoms with Crippen molar-refractivity contribution in [3.8, 4) is 0 Å². The number of aryl methyl sites for hydroxylation is 1. The molecule has 1 saturated carbocycles. The number of hydrogen-bond acceptors (Lipinski definition) is 2. The van der Waals surface area contributed by atoms with Crippen LogP contribution in [0.5, 0.6) is 0 Å². The number of carbonyl (C=O) groups excluding carboxylic acids is 1. The highest BCUT2D eigenvalue weighted by molar-refractivity contribution is 5.94. The number of benzene rings is 1. The Bertz CT molecular complexity index is 416. The van der Waals surface area contributed by atoms with Crippen molar-refractivity contribution in [1.82, 2.24) is 10.6 Å². The standard InChI is InChI=1S/C13H17FN2O/c1-9-8-10(2-5-12(9)14)13(17)16-7-6-15-11-3-4-11/h2,5,8,11,15H,3-4,6-7H2,1H3,(H,16,17). The third-order valence-corrected chi connectivity index (χ3v) is 2.84. The maximum Gasteiger partial charge on any atom is 0.251 e. The van der Waals surface area contributed by atoms with Crippen molar-refractivity contribution in [3.05, 3.63) is 35.1 Å². The summed E-state index contributed by atoms with van der Waals surface area (Å²) in [6, 6.07) is 5.05. The molecule has 1 aromatic carbocycles. The number of nitrogens with one attached hydrogen (secondary N) is 2. The van der Waals surface area contributed by atoms with E-state index in [-0.39, 0.29) is 11.7 Å². The van der Waals surface area contributed by atoms with Gasteiger partial charge in [-0.2, -0.15) is 0 Å². The lowest BCUT2D eigenvalue weighted by Gasteiger charge is -2.07. The second-order valence-corrected chi connectivity index (χ2v) is 4.45. The lowest BCUT2D eigenvalue weighted by atomic mass is 10.1. The van der Waals surface area contributed by atoms with Crippen molar-refractivity contribution < 1.29 is 9.18 Å². The van der Waals surface area contributed by atoms with Gasteiger partial charge in [-0.05, 0) is 43.5 Å². The maximum atomic E-state index is 13.0. The van der Waals surface area contributed by atoms with Gasteiger partial charge in [0, 0.05) is 24.7 Å². The van der Waals surface area contributed by atoms with Gasteiger partial charge in [-0.15, -0.1) is 0 Å². The lowest BCUT2D eigenvalue weighted by molar-refractivity contribution is 0.0953. The summed E-state index contributed by atoms with van der Waals surface area (Å²) in [5, 5.41) is 6.11. The number of carbonyl (C=O) groups is 1. The van der Waals surface area contributed by atoms with Crippen LogP contribution in [-0.4, -0.2) is 25.0 Å². The molecule has 1 amide bonds. The van der Waals surface area contributed by atoms with Gasteiger partial charge in [0.15, 0.2) is 0 Å². The molecule has 1 fully saturated rings. The van der Waals surface area contributed by atoms with Crippen molar-refractivity contribution in [2.45, 2.75) is 25.8 Å². The van der Waals surface area contributed by atoms with E-state index in [1.807, 2.05) is 0 Å². The molecule has 0 radical (unpaired) electrons. The Labute approximate surface area is 100 Å². The molecule has 2 N–H and O–H groups in total. The fourth-order valence-corrected chi connectivity index (χ4v) is 1.63. The molecule has 3 nitrogen and oxygen atoms in total. The van der Waals surface area contributed by atoms with Crippen LogP contribution in [0.2, 0.25) is 0 Å². The van der Waals surface area contributed by atoms with Gasteiger partial charge < -0.3 is 10.6 Å². The third-order valence-electron chi connectivity index (χ3n) is 2.84. The van der Waals surface area contributed by atoms with Crippen LogP contribution in [-0.2, 0) is 0 Å². The van der Waals surface area contributed by atoms with Crippen LogP contribution in [0, 0.1) is 12.7 Å². The molecule has 0 heterocycles. The van der Waals surface area contributed by atoms with Crippen molar-refractivity contribution in [2.75, 3.05) is 13.1 Å². The molecule has 0 atom stereocenters. The maximum absolute atomic E-state index is 13.0. The van der Waals surface area contributed by atoms with Gasteiger partial charge in [0.25, 0.3) is 5.91 Å². The van der Waals surface area contributed by atoms with Gasteiger partial charge in [0.1, 0.15) is 5.82 Å². The zero-order chi connectivity index (χ0) is 12.3. The molecule has 1 aliphatic carbocycles. The van der Waals surface area contributed by atoms with E-state index in [0.29, 0.717) is 23.7 Å². The van der Waals surface area contributed by atoms with Gasteiger partial charge in [0.2, 0.25) is 0 Å². The molecule has 2 rings (SSSR count). The molecule has 1 aromatic rings. The molecule has 0 spiro atoms. The minimum absolute atomic E-state index is 0.148. The second-order valence-electron chi connectivity index (χ2n) is 4.45. The van der Waals surface area contributed by atoms with E-state index in [2.05, 4.69) is 10.6 Å². The molecule has 92 valence electrons. The number of hydrogen-bond donors (Lipinski definition) is 2. The normalized spacial score (nSPS) is 14.7. The lowest BCUT2D eigenvalue weighted by Crippen LogP contribution is -2.32. The first kappa shape index (κ1) is 12.0. The Morgan fingerprint density at radius 3 is 2.82 bits per heavy atom. The first-order valence-corrected chi connectivity index (χ1v) is 5.94. The Morgan fingerprint density at radius 2 is 2.18 bits per heavy atom. The van der Waals surface area contributed by atoms with Gasteiger partial charge in [0.05, 0.1) is 0 Å². The Hall–Kier alpha value is -1.42. The summed E-state index contributed by atoms with van der Waals surface area (Å²) in [4.78, 5) is 11.7. The zero-order valence-corrected chi connectivity index (χ0v) is 9.92. The van der Waals surface area contributed by atoms with Crippen molar-refractivity contribution in [1.29, 1.82) is 0 Å². The molecule has 0 aromatic heterocycles. The highest BCUT2D eigenvalue weighted by Crippen LogP contribution is 2.17. The first-order valence-electron chi connectivity index (χ1n) is 5.94. The average Bonchev–Trinajstić information content (AvgIpc) is 3.12. The summed E-state index contributed by atoms with van der Waals surface area (Å²) in [6.45, 7) is 3.04. The molecule has 0 saturated heterocycles. The van der Waals surface area contributed by atoms with E-state index in [1.165, 1.54) is 25.0 Å². The smallest absolute Gasteiger partial charge is 0.251 e. The third kappa shape index (κ3) is 3.53. The Kier molecular flexibility index (Phi) is 3.74. The first-order chi connectivity index (χ1) is 8.16. The zero-order valence-electron chi connectivity index (χ0n) is 9.92. The summed E-state index contributed by atoms with van der Waals surface area (Å²) in [7, 11) is 0. The summed E-state index contributed by atoms with van der Waals surface area (Å²) in [5.74, 6) is -0.428. The van der Waals surface area contributed by atoms with Crippen LogP contribution in [0.4, 0.5) is 4.39 Å². The predicted molar refractivity (Wildman–Crippen MR) is 64.5 cm³/mol. The minimum Gasteiger partial charge on any atom is -0.351 e. The van der Waals surface area contributed by atoms with Crippen molar-refractivity contribution in [3.63, 3.8) is 0 Å². The minimum atomic E-state index is -0.281. The summed E-state index contributed by atoms with van der Waals surface area (Å²) in [6.07, 6.45) is 2.48. The number of halogens is 1. The van der Waals surface area contributed by atoms with Crippen LogP contribution in [0.3, 0.4) is 0 Å². The fraction of sp³-hybridized carbons (Fsp3) is 0.462. The monoisotopic (exact) mass is 236 g/mol. The highest BCUT2D eigenvalue weighted by Gasteiger charge is 2.19. The van der Waals surface area contributed by atoms with Crippen LogP contribution >= 0.6 is 0 Å². The van der Waals surface area contributed by atoms with Crippen LogP contribution in [0.25, 0.3) is 0 Å². The average molecular weight is 236 g/mol. The SMILES string of the molecule is Cc1cc(C(=O)NCCNC2CC2)ccc1F. The molecular weight excluding hydrogens is 219 g/mol. The van der Waals surface area contributed by atoms with E-state index >= 15 is 0 Å². The molecular formula is C13H17FN2O. The van der Waals surface area contributed by atoms with Crippen molar-refractivity contribution >= 4 is 5.91 Å². The van der Waals surface area contributed by atoms with Crippen LogP contribution in [0.15, 0.2) is 18.2 Å². The Balaban J connectivity index is 1.79. The summed E-state index contributed by atoms with van der Waals surface area (Å²) < 4.78 is 13.0. The molecule has 4 heteroatoms. The molecule has 17 heavy (non-hydrogen) atoms. The van der Waals surface area contributed by atoms with Gasteiger partial charge in [-0.25, -0.2) is 4.39 Å². The van der Waals surface area contributed by atoms with E-state index in [4.69, 9.17) is 0 Å². The molecule has 0 aliphatic heterocycles. The number of amides is 1. The van der Waals surface area contributed by atoms with Crippen LogP contribution in [0.1, 0.15) is 28.8 Å². The van der Waals surface area contributed by atoms with Crippen LogP contribution < -0.4 is 10.6 Å². The largest absolute Gasteiger partial charge is 0.351 e. The summed E-state index contributed by atoms with van der Waals surface area (Å²) >= 11 is 0. The second kappa shape index (κ2) is 5.27. The quantitative estimate of drug-likeness (QED) is 0.763. The fourth-order valence-electron chi connectivity index (χ4n) is 1.63. The van der Waals surface area contributed by atoms with Gasteiger partial charge in [-0.1, -0.05) is 0 Å². The molecule has 0 unspecified atom stereocenters. The van der Waals surface area contributed by atoms with Gasteiger partial charge in [-0.3, -0.25) is 4.79 Å². The van der Waals surface area contributed by atoms with E-state index < -0.39 is 0 Å². The topological polar surface area (TPSA) is 41.1 Å². The van der Waals surface area contributed by atoms with E-state index in [9.17, 15) is 9.18 Å². The predicted octanol–water partition coefficient (Wildman–Crippen LogP) is 1.62.